The summed E-state index contributed by atoms with van der Waals surface area (Å²) in [6.45, 7) is 6.73. The van der Waals surface area contributed by atoms with Crippen LogP contribution in [0.3, 0.4) is 0 Å². The first-order valence-electron chi connectivity index (χ1n) is 8.16. The van der Waals surface area contributed by atoms with E-state index in [2.05, 4.69) is 20.8 Å². The minimum absolute atomic E-state index is 0.109. The van der Waals surface area contributed by atoms with Crippen molar-refractivity contribution in [2.24, 2.45) is 29.1 Å². The molecule has 104 valence electrons. The van der Waals surface area contributed by atoms with Crippen LogP contribution in [0.5, 0.6) is 0 Å². The third-order valence-corrected chi connectivity index (χ3v) is 7.16. The molecule has 3 rings (SSSR count). The molecule has 0 bridgehead atoms. The van der Waals surface area contributed by atoms with Crippen LogP contribution in [0, 0.1) is 29.1 Å². The van der Waals surface area contributed by atoms with Gasteiger partial charge in [-0.3, -0.25) is 0 Å². The van der Waals surface area contributed by atoms with E-state index in [4.69, 9.17) is 0 Å². The molecule has 0 heterocycles. The summed E-state index contributed by atoms with van der Waals surface area (Å²) in [6, 6.07) is 0. The Morgan fingerprint density at radius 3 is 2.33 bits per heavy atom. The summed E-state index contributed by atoms with van der Waals surface area (Å²) in [5.41, 5.74) is -0.339. The molecule has 3 aliphatic rings. The van der Waals surface area contributed by atoms with Gasteiger partial charge in [-0.25, -0.2) is 0 Å². The zero-order chi connectivity index (χ0) is 13.0. The van der Waals surface area contributed by atoms with E-state index < -0.39 is 5.60 Å². The van der Waals surface area contributed by atoms with E-state index in [9.17, 15) is 5.11 Å². The molecule has 0 radical (unpaired) electrons. The lowest BCUT2D eigenvalue weighted by Gasteiger charge is -2.59. The van der Waals surface area contributed by atoms with Crippen LogP contribution in [0.2, 0.25) is 0 Å². The molecular formula is C17H30O. The van der Waals surface area contributed by atoms with Gasteiger partial charge >= 0.3 is 0 Å². The third-order valence-electron chi connectivity index (χ3n) is 7.16. The van der Waals surface area contributed by atoms with E-state index in [0.29, 0.717) is 0 Å². The van der Waals surface area contributed by atoms with Crippen molar-refractivity contribution >= 4 is 0 Å². The largest absolute Gasteiger partial charge is 0.390 e. The SMILES string of the molecule is CC1(O)CCC2C3CCCCC3CCC2C1(C)C. The highest BCUT2D eigenvalue weighted by atomic mass is 16.3. The average molecular weight is 250 g/mol. The van der Waals surface area contributed by atoms with E-state index in [1.807, 2.05) is 0 Å². The van der Waals surface area contributed by atoms with Gasteiger partial charge in [-0.15, -0.1) is 0 Å². The zero-order valence-electron chi connectivity index (χ0n) is 12.4. The van der Waals surface area contributed by atoms with E-state index in [0.717, 1.165) is 30.1 Å². The van der Waals surface area contributed by atoms with E-state index in [1.54, 1.807) is 0 Å². The van der Waals surface area contributed by atoms with E-state index in [-0.39, 0.29) is 5.41 Å². The van der Waals surface area contributed by atoms with Gasteiger partial charge < -0.3 is 5.11 Å². The first-order chi connectivity index (χ1) is 8.43. The highest BCUT2D eigenvalue weighted by Crippen LogP contribution is 2.59. The van der Waals surface area contributed by atoms with Crippen molar-refractivity contribution in [2.75, 3.05) is 0 Å². The Hall–Kier alpha value is -0.0400. The first-order valence-corrected chi connectivity index (χ1v) is 8.16. The van der Waals surface area contributed by atoms with E-state index in [1.165, 1.54) is 44.9 Å². The lowest BCUT2D eigenvalue weighted by molar-refractivity contribution is -0.163. The monoisotopic (exact) mass is 250 g/mol. The fourth-order valence-corrected chi connectivity index (χ4v) is 5.55. The zero-order valence-corrected chi connectivity index (χ0v) is 12.4. The summed E-state index contributed by atoms with van der Waals surface area (Å²) in [4.78, 5) is 0. The smallest absolute Gasteiger partial charge is 0.0673 e. The molecule has 0 spiro atoms. The Morgan fingerprint density at radius 1 is 0.833 bits per heavy atom. The molecule has 1 N–H and O–H groups in total. The summed E-state index contributed by atoms with van der Waals surface area (Å²) in [5.74, 6) is 3.70. The topological polar surface area (TPSA) is 20.2 Å². The predicted molar refractivity (Wildman–Crippen MR) is 75.3 cm³/mol. The summed E-state index contributed by atoms with van der Waals surface area (Å²) in [7, 11) is 0. The Morgan fingerprint density at radius 2 is 1.56 bits per heavy atom. The van der Waals surface area contributed by atoms with Crippen molar-refractivity contribution < 1.29 is 5.11 Å². The molecule has 0 aliphatic heterocycles. The average Bonchev–Trinajstić information content (AvgIpc) is 2.34. The molecule has 0 amide bonds. The second kappa shape index (κ2) is 4.23. The number of rotatable bonds is 0. The van der Waals surface area contributed by atoms with Crippen LogP contribution >= 0.6 is 0 Å². The summed E-state index contributed by atoms with van der Waals surface area (Å²) >= 11 is 0. The first kappa shape index (κ1) is 13.0. The van der Waals surface area contributed by atoms with Crippen LogP contribution in [0.4, 0.5) is 0 Å². The maximum atomic E-state index is 10.7. The summed E-state index contributed by atoms with van der Waals surface area (Å²) < 4.78 is 0. The van der Waals surface area contributed by atoms with Crippen LogP contribution in [-0.2, 0) is 0 Å². The van der Waals surface area contributed by atoms with Gasteiger partial charge in [0.15, 0.2) is 0 Å². The van der Waals surface area contributed by atoms with Gasteiger partial charge in [-0.1, -0.05) is 33.1 Å². The van der Waals surface area contributed by atoms with Gasteiger partial charge in [0, 0.05) is 0 Å². The second-order valence-corrected chi connectivity index (χ2v) is 8.09. The van der Waals surface area contributed by atoms with Gasteiger partial charge in [-0.05, 0) is 68.1 Å². The third kappa shape index (κ3) is 1.77. The molecule has 3 fully saturated rings. The molecule has 0 aromatic rings. The van der Waals surface area contributed by atoms with Crippen molar-refractivity contribution in [3.63, 3.8) is 0 Å². The lowest BCUT2D eigenvalue weighted by Crippen LogP contribution is -2.56. The summed E-state index contributed by atoms with van der Waals surface area (Å²) in [6.07, 6.45) is 11.0. The van der Waals surface area contributed by atoms with Crippen LogP contribution in [0.15, 0.2) is 0 Å². The maximum Gasteiger partial charge on any atom is 0.0673 e. The Kier molecular flexibility index (Phi) is 3.05. The van der Waals surface area contributed by atoms with Crippen molar-refractivity contribution in [3.05, 3.63) is 0 Å². The Balaban J connectivity index is 1.85. The molecule has 0 saturated heterocycles. The van der Waals surface area contributed by atoms with Gasteiger partial charge in [0.05, 0.1) is 5.60 Å². The lowest BCUT2D eigenvalue weighted by atomic mass is 9.48. The van der Waals surface area contributed by atoms with Crippen LogP contribution < -0.4 is 0 Å². The minimum atomic E-state index is -0.449. The van der Waals surface area contributed by atoms with Crippen molar-refractivity contribution in [1.82, 2.24) is 0 Å². The van der Waals surface area contributed by atoms with Crippen molar-refractivity contribution in [2.45, 2.75) is 77.7 Å². The highest BCUT2D eigenvalue weighted by Gasteiger charge is 2.55. The molecule has 0 aromatic carbocycles. The van der Waals surface area contributed by atoms with Crippen LogP contribution in [0.1, 0.15) is 72.1 Å². The maximum absolute atomic E-state index is 10.7. The van der Waals surface area contributed by atoms with Crippen LogP contribution in [-0.4, -0.2) is 10.7 Å². The van der Waals surface area contributed by atoms with Gasteiger partial charge in [-0.2, -0.15) is 0 Å². The second-order valence-electron chi connectivity index (χ2n) is 8.09. The number of aliphatic hydroxyl groups is 1. The van der Waals surface area contributed by atoms with Gasteiger partial charge in [0.1, 0.15) is 0 Å². The fourth-order valence-electron chi connectivity index (χ4n) is 5.55. The number of hydrogen-bond acceptors (Lipinski definition) is 1. The molecule has 3 saturated carbocycles. The quantitative estimate of drug-likeness (QED) is 0.676. The molecule has 1 heteroatoms. The standard InChI is InChI=1S/C17H30O/c1-16(2)15-9-8-12-6-4-5-7-13(12)14(15)10-11-17(16,3)18/h12-15,18H,4-11H2,1-3H3. The van der Waals surface area contributed by atoms with Gasteiger partial charge in [0.2, 0.25) is 0 Å². The fraction of sp³-hybridized carbons (Fsp3) is 1.00. The molecular weight excluding hydrogens is 220 g/mol. The molecule has 5 unspecified atom stereocenters. The van der Waals surface area contributed by atoms with Gasteiger partial charge in [0.25, 0.3) is 0 Å². The molecule has 0 aromatic heterocycles. The van der Waals surface area contributed by atoms with Crippen molar-refractivity contribution in [3.8, 4) is 0 Å². The van der Waals surface area contributed by atoms with E-state index >= 15 is 0 Å². The minimum Gasteiger partial charge on any atom is -0.390 e. The molecule has 5 atom stereocenters. The Bertz CT molecular complexity index is 318. The number of hydrogen-bond donors (Lipinski definition) is 1. The van der Waals surface area contributed by atoms with Crippen LogP contribution in [0.25, 0.3) is 0 Å². The molecule has 18 heavy (non-hydrogen) atoms. The molecule has 3 aliphatic carbocycles. The van der Waals surface area contributed by atoms with Crippen molar-refractivity contribution in [1.29, 1.82) is 0 Å². The molecule has 1 nitrogen and oxygen atoms in total. The summed E-state index contributed by atoms with van der Waals surface area (Å²) in [5, 5.41) is 10.7. The highest BCUT2D eigenvalue weighted by molar-refractivity contribution is 5.05. The normalized spacial score (nSPS) is 51.3. The Labute approximate surface area is 112 Å². The predicted octanol–water partition coefficient (Wildman–Crippen LogP) is 4.39. The number of fused-ring (bicyclic) bond motifs is 3.